The van der Waals surface area contributed by atoms with Gasteiger partial charge in [0.25, 0.3) is 0 Å². The van der Waals surface area contributed by atoms with Crippen LogP contribution in [0.15, 0.2) is 78.9 Å². The largest absolute Gasteiger partial charge is 0.497 e. The number of ether oxygens (including phenoxy) is 1. The summed E-state index contributed by atoms with van der Waals surface area (Å²) in [6.45, 7) is 4.17. The summed E-state index contributed by atoms with van der Waals surface area (Å²) in [5.74, 6) is 0.849. The van der Waals surface area contributed by atoms with E-state index in [0.717, 1.165) is 53.1 Å². The van der Waals surface area contributed by atoms with Gasteiger partial charge in [0.15, 0.2) is 0 Å². The van der Waals surface area contributed by atoms with Gasteiger partial charge in [0.05, 0.1) is 18.3 Å². The van der Waals surface area contributed by atoms with E-state index in [4.69, 9.17) is 9.72 Å². The Hall–Kier alpha value is -3.15. The van der Waals surface area contributed by atoms with Gasteiger partial charge >= 0.3 is 0 Å². The fourth-order valence-corrected chi connectivity index (χ4v) is 4.72. The van der Waals surface area contributed by atoms with Crippen LogP contribution in [0.1, 0.15) is 25.7 Å². The molecule has 7 heteroatoms. The maximum absolute atomic E-state index is 5.30. The van der Waals surface area contributed by atoms with Gasteiger partial charge in [-0.1, -0.05) is 18.2 Å². The van der Waals surface area contributed by atoms with Crippen LogP contribution in [-0.4, -0.2) is 38.3 Å². The molecule has 0 unspecified atom stereocenters. The van der Waals surface area contributed by atoms with Gasteiger partial charge in [0, 0.05) is 54.2 Å². The second-order valence-corrected chi connectivity index (χ2v) is 9.10. The summed E-state index contributed by atoms with van der Waals surface area (Å²) >= 11 is 0. The number of methoxy groups -OCH3 is 1. The minimum atomic E-state index is 0. The average Bonchev–Trinajstić information content (AvgIpc) is 2.93. The normalized spacial score (nSPS) is 12.8. The molecule has 1 fully saturated rings. The van der Waals surface area contributed by atoms with Gasteiger partial charge in [-0.15, -0.1) is 24.8 Å². The fourth-order valence-electron chi connectivity index (χ4n) is 4.72. The lowest BCUT2D eigenvalue weighted by molar-refractivity contribution is 0.415. The number of hydrogen-bond donors (Lipinski definition) is 2. The minimum absolute atomic E-state index is 0. The molecular weight excluding hydrogens is 503 g/mol. The molecule has 5 rings (SSSR count). The summed E-state index contributed by atoms with van der Waals surface area (Å²) in [7, 11) is 1.69. The van der Waals surface area contributed by atoms with Gasteiger partial charge in [-0.05, 0) is 86.3 Å². The second-order valence-electron chi connectivity index (χ2n) is 9.10. The minimum Gasteiger partial charge on any atom is -0.497 e. The maximum atomic E-state index is 5.30. The Labute approximate surface area is 232 Å². The molecule has 5 nitrogen and oxygen atoms in total. The Morgan fingerprint density at radius 1 is 0.811 bits per heavy atom. The van der Waals surface area contributed by atoms with Crippen molar-refractivity contribution in [3.63, 3.8) is 0 Å². The molecule has 0 aliphatic carbocycles. The molecule has 37 heavy (non-hydrogen) atoms. The van der Waals surface area contributed by atoms with Gasteiger partial charge in [-0.25, -0.2) is 4.98 Å². The highest BCUT2D eigenvalue weighted by Gasteiger charge is 2.11. The van der Waals surface area contributed by atoms with Crippen molar-refractivity contribution in [2.24, 2.45) is 0 Å². The van der Waals surface area contributed by atoms with Gasteiger partial charge in [-0.3, -0.25) is 0 Å². The Balaban J connectivity index is 0.00000190. The van der Waals surface area contributed by atoms with Crippen molar-refractivity contribution >= 4 is 52.8 Å². The van der Waals surface area contributed by atoms with Crippen molar-refractivity contribution in [1.29, 1.82) is 0 Å². The summed E-state index contributed by atoms with van der Waals surface area (Å²) in [6, 6.07) is 27.4. The van der Waals surface area contributed by atoms with E-state index in [2.05, 4.69) is 76.2 Å². The average molecular weight is 540 g/mol. The van der Waals surface area contributed by atoms with Crippen LogP contribution >= 0.6 is 24.8 Å². The lowest BCUT2D eigenvalue weighted by atomic mass is 10.1. The zero-order valence-corrected chi connectivity index (χ0v) is 22.9. The molecule has 4 aromatic rings. The topological polar surface area (TPSA) is 49.4 Å². The quantitative estimate of drug-likeness (QED) is 0.214. The number of piperidine rings is 1. The van der Waals surface area contributed by atoms with Crippen molar-refractivity contribution in [2.45, 2.75) is 25.7 Å². The monoisotopic (exact) mass is 538 g/mol. The van der Waals surface area contributed by atoms with Crippen molar-refractivity contribution in [1.82, 2.24) is 4.98 Å². The predicted octanol–water partition coefficient (Wildman–Crippen LogP) is 7.66. The maximum Gasteiger partial charge on any atom is 0.118 e. The van der Waals surface area contributed by atoms with Crippen LogP contribution in [0.25, 0.3) is 22.2 Å². The number of halogens is 2. The highest BCUT2D eigenvalue weighted by atomic mass is 35.5. The Bertz CT molecular complexity index is 1240. The van der Waals surface area contributed by atoms with Gasteiger partial charge in [-0.2, -0.15) is 0 Å². The number of benzene rings is 3. The van der Waals surface area contributed by atoms with Crippen LogP contribution in [0, 0.1) is 0 Å². The first kappa shape index (κ1) is 28.4. The number of nitrogens with one attached hydrogen (secondary N) is 2. The molecule has 0 atom stereocenters. The third-order valence-corrected chi connectivity index (χ3v) is 6.69. The zero-order chi connectivity index (χ0) is 23.9. The number of aromatic nitrogens is 1. The number of anilines is 3. The van der Waals surface area contributed by atoms with Crippen LogP contribution in [0.3, 0.4) is 0 Å². The van der Waals surface area contributed by atoms with Crippen LogP contribution in [0.5, 0.6) is 5.75 Å². The van der Waals surface area contributed by atoms with Gasteiger partial charge < -0.3 is 20.3 Å². The molecule has 1 aromatic heterocycles. The first-order valence-corrected chi connectivity index (χ1v) is 12.7. The van der Waals surface area contributed by atoms with Crippen molar-refractivity contribution in [3.8, 4) is 17.0 Å². The van der Waals surface area contributed by atoms with E-state index in [9.17, 15) is 0 Å². The lowest BCUT2D eigenvalue weighted by Crippen LogP contribution is -2.29. The molecule has 1 saturated heterocycles. The summed E-state index contributed by atoms with van der Waals surface area (Å²) in [4.78, 5) is 7.39. The number of rotatable bonds is 9. The molecule has 1 aliphatic heterocycles. The van der Waals surface area contributed by atoms with E-state index in [-0.39, 0.29) is 24.8 Å². The Morgan fingerprint density at radius 2 is 1.51 bits per heavy atom. The van der Waals surface area contributed by atoms with Gasteiger partial charge in [0.2, 0.25) is 0 Å². The third kappa shape index (κ3) is 7.21. The summed E-state index contributed by atoms with van der Waals surface area (Å²) < 4.78 is 5.30. The molecule has 1 aliphatic rings. The van der Waals surface area contributed by atoms with E-state index in [0.29, 0.717) is 0 Å². The standard InChI is InChI=1S/C30H34N4O.2ClH/c1-35-26-16-10-23(11-17-26)29-22-30(27-8-3-4-9-28(27)33-29)32-19-7-18-31-24-12-14-25(15-13-24)34-20-5-2-6-21-34;;/h3-4,8-17,22,31H,2,5-7,18-21H2,1H3,(H,32,33);2*1H. The molecule has 0 bridgehead atoms. The summed E-state index contributed by atoms with van der Waals surface area (Å²) in [5, 5.41) is 8.36. The summed E-state index contributed by atoms with van der Waals surface area (Å²) in [5.41, 5.74) is 6.67. The number of para-hydroxylation sites is 1. The molecule has 0 radical (unpaired) electrons. The van der Waals surface area contributed by atoms with Crippen molar-refractivity contribution in [3.05, 3.63) is 78.9 Å². The number of pyridine rings is 1. The molecule has 3 aromatic carbocycles. The zero-order valence-electron chi connectivity index (χ0n) is 21.3. The predicted molar refractivity (Wildman–Crippen MR) is 162 cm³/mol. The van der Waals surface area contributed by atoms with Gasteiger partial charge in [0.1, 0.15) is 5.75 Å². The number of fused-ring (bicyclic) bond motifs is 1. The molecule has 2 heterocycles. The van der Waals surface area contributed by atoms with E-state index >= 15 is 0 Å². The molecule has 0 spiro atoms. The molecule has 0 amide bonds. The van der Waals surface area contributed by atoms with E-state index in [1.54, 1.807) is 7.11 Å². The van der Waals surface area contributed by atoms with Crippen molar-refractivity contribution in [2.75, 3.05) is 48.8 Å². The van der Waals surface area contributed by atoms with Crippen LogP contribution < -0.4 is 20.3 Å². The van der Waals surface area contributed by atoms with Crippen molar-refractivity contribution < 1.29 is 4.74 Å². The van der Waals surface area contributed by atoms with Crippen LogP contribution in [0.2, 0.25) is 0 Å². The van der Waals surface area contributed by atoms with E-state index < -0.39 is 0 Å². The SMILES string of the molecule is COc1ccc(-c2cc(NCCCNc3ccc(N4CCCCC4)cc3)c3ccccc3n2)cc1.Cl.Cl. The highest BCUT2D eigenvalue weighted by molar-refractivity contribution is 5.93. The molecule has 0 saturated carbocycles. The Morgan fingerprint density at radius 3 is 2.24 bits per heavy atom. The van der Waals surface area contributed by atoms with E-state index in [1.165, 1.54) is 43.7 Å². The fraction of sp³-hybridized carbons (Fsp3) is 0.300. The number of hydrogen-bond acceptors (Lipinski definition) is 5. The summed E-state index contributed by atoms with van der Waals surface area (Å²) in [6.07, 6.45) is 4.99. The first-order chi connectivity index (χ1) is 17.3. The lowest BCUT2D eigenvalue weighted by Gasteiger charge is -2.28. The molecule has 196 valence electrons. The molecule has 2 N–H and O–H groups in total. The highest BCUT2D eigenvalue weighted by Crippen LogP contribution is 2.29. The smallest absolute Gasteiger partial charge is 0.118 e. The first-order valence-electron chi connectivity index (χ1n) is 12.7. The second kappa shape index (κ2) is 14.0. The van der Waals surface area contributed by atoms with E-state index in [1.807, 2.05) is 18.2 Å². The third-order valence-electron chi connectivity index (χ3n) is 6.69. The van der Waals surface area contributed by atoms with Crippen LogP contribution in [-0.2, 0) is 0 Å². The van der Waals surface area contributed by atoms with Crippen LogP contribution in [0.4, 0.5) is 17.1 Å². The Kier molecular flexibility index (Phi) is 10.7. The number of nitrogens with zero attached hydrogens (tertiary/aromatic N) is 2. The molecular formula is C30H36Cl2N4O.